The fraction of sp³-hybridized carbons (Fsp3) is 0.696. The normalized spacial score (nSPS) is 16.5. The highest BCUT2D eigenvalue weighted by Crippen LogP contribution is 2.53. The molecule has 358 valence electrons. The van der Waals surface area contributed by atoms with Crippen LogP contribution in [0.2, 0.25) is 0 Å². The Hall–Kier alpha value is -4.13. The highest BCUT2D eigenvalue weighted by atomic mass is 19.4. The Morgan fingerprint density at radius 2 is 0.656 bits per heavy atom. The molecule has 0 aliphatic carbocycles. The SMILES string of the molecule is COC(=O)c1cc(OC(F)(F)C(F)OC(F)(F)C(F)(F)C(F)(F)F)c(OC(F)(F)C(F)OC(F)(F)C(F)(F)C(F)(F)F)c(OC(F)(F)C(F)OC(F)(F)C(F)(F)C(F)(F)F)c1. The van der Waals surface area contributed by atoms with Crippen LogP contribution in [0.1, 0.15) is 10.4 Å². The van der Waals surface area contributed by atoms with Crippen molar-refractivity contribution >= 4 is 5.97 Å². The molecule has 0 radical (unpaired) electrons. The first-order valence-electron chi connectivity index (χ1n) is 13.4. The summed E-state index contributed by atoms with van der Waals surface area (Å²) in [7, 11) is 0.0792. The van der Waals surface area contributed by atoms with Gasteiger partial charge < -0.3 is 18.9 Å². The number of methoxy groups -OCH3 is 1. The number of rotatable bonds is 19. The molecule has 0 amide bonds. The predicted molar refractivity (Wildman–Crippen MR) is 120 cm³/mol. The van der Waals surface area contributed by atoms with Gasteiger partial charge in [0.1, 0.15) is 0 Å². The molecule has 61 heavy (non-hydrogen) atoms. The fourth-order valence-corrected chi connectivity index (χ4v) is 2.95. The van der Waals surface area contributed by atoms with Crippen molar-refractivity contribution in [2.45, 2.75) is 92.0 Å². The van der Waals surface area contributed by atoms with Crippen LogP contribution in [0.15, 0.2) is 12.1 Å². The van der Waals surface area contributed by atoms with Crippen molar-refractivity contribution in [2.75, 3.05) is 7.11 Å². The number of benzene rings is 1. The molecule has 0 fully saturated rings. The second-order valence-electron chi connectivity index (χ2n) is 10.4. The molecule has 8 nitrogen and oxygen atoms in total. The topological polar surface area (TPSA) is 81.7 Å². The molecule has 1 rings (SSSR count). The quantitative estimate of drug-likeness (QED) is 0.100. The zero-order valence-electron chi connectivity index (χ0n) is 27.0. The summed E-state index contributed by atoms with van der Waals surface area (Å²) in [5, 5.41) is 0. The van der Waals surface area contributed by atoms with Crippen LogP contribution in [0.5, 0.6) is 17.2 Å². The largest absolute Gasteiger partial charge is 0.465 e. The van der Waals surface area contributed by atoms with Gasteiger partial charge in [-0.3, -0.25) is 14.2 Å². The van der Waals surface area contributed by atoms with Crippen molar-refractivity contribution in [3.8, 4) is 17.2 Å². The zero-order chi connectivity index (χ0) is 49.0. The molecule has 0 aromatic heterocycles. The molecule has 0 heterocycles. The Bertz CT molecular complexity index is 1600. The Morgan fingerprint density at radius 1 is 0.426 bits per heavy atom. The van der Waals surface area contributed by atoms with Crippen LogP contribution in [0.4, 0.5) is 132 Å². The molecule has 1 aromatic rings. The standard InChI is InChI=1S/C23H8F30O8/c1-55-8(54)4-2-5(56-12(27,28)9(24)59-21(48,49)15(33,34)18(39,40)41)7(58-14(31,32)11(26)61-23(52,53)17(37,38)20(45,46)47)6(3-4)57-13(29,30)10(25)60-22(50,51)16(35,36)19(42,43)44/h2-3,9-11H,1H3. The van der Waals surface area contributed by atoms with Crippen LogP contribution < -0.4 is 14.2 Å². The van der Waals surface area contributed by atoms with E-state index in [0.717, 1.165) is 0 Å². The first kappa shape index (κ1) is 54.9. The number of hydrogen-bond donors (Lipinski definition) is 0. The van der Waals surface area contributed by atoms with Crippen molar-refractivity contribution in [1.82, 2.24) is 0 Å². The van der Waals surface area contributed by atoms with E-state index in [1.807, 2.05) is 14.2 Å². The maximum absolute atomic E-state index is 14.6. The van der Waals surface area contributed by atoms with Crippen molar-refractivity contribution in [3.63, 3.8) is 0 Å². The first-order chi connectivity index (χ1) is 26.5. The lowest BCUT2D eigenvalue weighted by atomic mass is 10.1. The summed E-state index contributed by atoms with van der Waals surface area (Å²) < 4.78 is 418. The molecule has 0 saturated heterocycles. The molecule has 0 spiro atoms. The van der Waals surface area contributed by atoms with Crippen LogP contribution >= 0.6 is 0 Å². The van der Waals surface area contributed by atoms with E-state index in [9.17, 15) is 137 Å². The van der Waals surface area contributed by atoms with Gasteiger partial charge in [0.05, 0.1) is 12.7 Å². The zero-order valence-corrected chi connectivity index (χ0v) is 27.0. The van der Waals surface area contributed by atoms with Gasteiger partial charge in [0.2, 0.25) is 5.75 Å². The number of halogens is 30. The number of hydrogen-bond acceptors (Lipinski definition) is 8. The second-order valence-corrected chi connectivity index (χ2v) is 10.4. The summed E-state index contributed by atoms with van der Waals surface area (Å²) in [6.07, 6.45) is -84.6. The summed E-state index contributed by atoms with van der Waals surface area (Å²) in [5.41, 5.74) is -2.17. The molecule has 0 aliphatic heterocycles. The van der Waals surface area contributed by atoms with Crippen LogP contribution in [0, 0.1) is 0 Å². The summed E-state index contributed by atoms with van der Waals surface area (Å²) in [6.45, 7) is 0. The molecular weight excluding hydrogens is 974 g/mol. The van der Waals surface area contributed by atoms with Gasteiger partial charge >= 0.3 is 98.0 Å². The van der Waals surface area contributed by atoms with Gasteiger partial charge in [-0.15, -0.1) is 0 Å². The third kappa shape index (κ3) is 11.3. The molecule has 0 N–H and O–H groups in total. The Labute approximate surface area is 311 Å². The van der Waals surface area contributed by atoms with E-state index < -0.39 is 133 Å². The average molecular weight is 982 g/mol. The number of esters is 1. The minimum Gasteiger partial charge on any atom is -0.465 e. The van der Waals surface area contributed by atoms with Crippen LogP contribution in [0.25, 0.3) is 0 Å². The van der Waals surface area contributed by atoms with Crippen LogP contribution in [-0.4, -0.2) is 105 Å². The van der Waals surface area contributed by atoms with Crippen molar-refractivity contribution < 1.29 is 170 Å². The first-order valence-corrected chi connectivity index (χ1v) is 13.4. The Morgan fingerprint density at radius 3 is 0.869 bits per heavy atom. The molecule has 3 unspecified atom stereocenters. The molecule has 3 atom stereocenters. The van der Waals surface area contributed by atoms with Crippen molar-refractivity contribution in [2.24, 2.45) is 0 Å². The van der Waals surface area contributed by atoms with Gasteiger partial charge in [-0.05, 0) is 12.1 Å². The van der Waals surface area contributed by atoms with Gasteiger partial charge in [-0.25, -0.2) is 18.0 Å². The molecule has 0 aliphatic rings. The average Bonchev–Trinajstić information content (AvgIpc) is 3.02. The van der Waals surface area contributed by atoms with Gasteiger partial charge in [0.25, 0.3) is 0 Å². The van der Waals surface area contributed by atoms with Crippen LogP contribution in [-0.2, 0) is 18.9 Å². The van der Waals surface area contributed by atoms with Crippen LogP contribution in [0.3, 0.4) is 0 Å². The number of carbonyl (C=O) groups is 1. The lowest BCUT2D eigenvalue weighted by Gasteiger charge is -2.32. The monoisotopic (exact) mass is 982 g/mol. The number of carbonyl (C=O) groups excluding carboxylic acids is 1. The van der Waals surface area contributed by atoms with Gasteiger partial charge in [-0.2, -0.15) is 119 Å². The molecule has 0 bridgehead atoms. The smallest absolute Gasteiger partial charge is 0.462 e. The maximum Gasteiger partial charge on any atom is 0.462 e. The Balaban J connectivity index is 4.17. The van der Waals surface area contributed by atoms with Crippen molar-refractivity contribution in [1.29, 1.82) is 0 Å². The van der Waals surface area contributed by atoms with Gasteiger partial charge in [0.15, 0.2) is 11.5 Å². The van der Waals surface area contributed by atoms with Gasteiger partial charge in [0, 0.05) is 0 Å². The van der Waals surface area contributed by atoms with Gasteiger partial charge in [-0.1, -0.05) is 0 Å². The molecule has 0 saturated carbocycles. The highest BCUT2D eigenvalue weighted by molar-refractivity contribution is 5.91. The van der Waals surface area contributed by atoms with E-state index in [1.165, 1.54) is 0 Å². The maximum atomic E-state index is 14.6. The third-order valence-corrected chi connectivity index (χ3v) is 5.88. The minimum atomic E-state index is -7.77. The van der Waals surface area contributed by atoms with Crippen molar-refractivity contribution in [3.05, 3.63) is 17.7 Å². The number of ether oxygens (including phenoxy) is 7. The summed E-state index contributed by atoms with van der Waals surface area (Å²) >= 11 is 0. The minimum absolute atomic E-state index is 0.0792. The fourth-order valence-electron chi connectivity index (χ4n) is 2.95. The molecule has 1 aromatic carbocycles. The summed E-state index contributed by atoms with van der Waals surface area (Å²) in [6, 6.07) is -2.07. The van der Waals surface area contributed by atoms with E-state index in [2.05, 4.69) is 18.9 Å². The van der Waals surface area contributed by atoms with E-state index in [0.29, 0.717) is 0 Å². The predicted octanol–water partition coefficient (Wildman–Crippen LogP) is 10.7. The van der Waals surface area contributed by atoms with E-state index >= 15 is 0 Å². The van der Waals surface area contributed by atoms with E-state index in [-0.39, 0.29) is 7.11 Å². The lowest BCUT2D eigenvalue weighted by Crippen LogP contribution is -2.56. The summed E-state index contributed by atoms with van der Waals surface area (Å²) in [5.74, 6) is -36.0. The van der Waals surface area contributed by atoms with E-state index in [1.54, 1.807) is 0 Å². The van der Waals surface area contributed by atoms with E-state index in [4.69, 9.17) is 0 Å². The number of alkyl halides is 30. The highest BCUT2D eigenvalue weighted by Gasteiger charge is 2.78. The Kier molecular flexibility index (Phi) is 14.9. The summed E-state index contributed by atoms with van der Waals surface area (Å²) in [4.78, 5) is 11.9. The molecule has 38 heteroatoms. The lowest BCUT2D eigenvalue weighted by molar-refractivity contribution is -0.461. The molecular formula is C23H8F30O8. The third-order valence-electron chi connectivity index (χ3n) is 5.88. The second kappa shape index (κ2) is 16.5.